The Morgan fingerprint density at radius 2 is 2.20 bits per heavy atom. The number of methoxy groups -OCH3 is 1. The summed E-state index contributed by atoms with van der Waals surface area (Å²) in [6.45, 7) is 3.90. The second-order valence-corrected chi connectivity index (χ2v) is 5.48. The van der Waals surface area contributed by atoms with E-state index in [1.165, 1.54) is 13.3 Å². The van der Waals surface area contributed by atoms with Gasteiger partial charge in [-0.3, -0.25) is 15.1 Å². The van der Waals surface area contributed by atoms with Crippen molar-refractivity contribution in [2.45, 2.75) is 26.3 Å². The molecule has 1 atom stereocenters. The van der Waals surface area contributed by atoms with Crippen LogP contribution in [-0.4, -0.2) is 29.0 Å². The fourth-order valence-electron chi connectivity index (χ4n) is 1.71. The van der Waals surface area contributed by atoms with E-state index < -0.39 is 16.9 Å². The van der Waals surface area contributed by atoms with Crippen LogP contribution in [0.1, 0.15) is 20.3 Å². The van der Waals surface area contributed by atoms with Crippen LogP contribution in [-0.2, 0) is 9.53 Å². The lowest BCUT2D eigenvalue weighted by Gasteiger charge is -2.19. The van der Waals surface area contributed by atoms with Gasteiger partial charge in [-0.1, -0.05) is 13.8 Å². The normalized spacial score (nSPS) is 12.1. The van der Waals surface area contributed by atoms with E-state index in [0.29, 0.717) is 10.9 Å². The topological polar surface area (TPSA) is 94.4 Å². The van der Waals surface area contributed by atoms with E-state index in [0.717, 1.165) is 6.20 Å². The van der Waals surface area contributed by atoms with Crippen molar-refractivity contribution in [1.82, 2.24) is 4.98 Å². The number of aromatic nitrogens is 1. The van der Waals surface area contributed by atoms with Gasteiger partial charge >= 0.3 is 11.7 Å². The van der Waals surface area contributed by atoms with Gasteiger partial charge in [0.05, 0.1) is 16.5 Å². The third-order valence-electron chi connectivity index (χ3n) is 2.59. The summed E-state index contributed by atoms with van der Waals surface area (Å²) in [6, 6.07) is -0.655. The SMILES string of the molecule is COC(=O)C(CC(C)C)Nc1c(Br)cncc1[N+](=O)[O-]. The number of carbonyl (C=O) groups is 1. The molecule has 1 unspecified atom stereocenters. The third kappa shape index (κ3) is 4.16. The minimum atomic E-state index is -0.655. The maximum Gasteiger partial charge on any atom is 0.328 e. The van der Waals surface area contributed by atoms with Crippen LogP contribution >= 0.6 is 15.9 Å². The number of hydrogen-bond acceptors (Lipinski definition) is 6. The van der Waals surface area contributed by atoms with E-state index in [4.69, 9.17) is 4.74 Å². The van der Waals surface area contributed by atoms with Crippen molar-refractivity contribution in [3.05, 3.63) is 27.0 Å². The summed E-state index contributed by atoms with van der Waals surface area (Å²) >= 11 is 3.20. The van der Waals surface area contributed by atoms with Crippen LogP contribution < -0.4 is 5.32 Å². The number of rotatable bonds is 6. The minimum absolute atomic E-state index is 0.197. The molecule has 1 aromatic heterocycles. The highest BCUT2D eigenvalue weighted by atomic mass is 79.9. The van der Waals surface area contributed by atoms with Crippen LogP contribution in [0, 0.1) is 16.0 Å². The molecule has 0 radical (unpaired) electrons. The fourth-order valence-corrected chi connectivity index (χ4v) is 2.14. The maximum atomic E-state index is 11.8. The highest BCUT2D eigenvalue weighted by molar-refractivity contribution is 9.10. The van der Waals surface area contributed by atoms with Gasteiger partial charge in [0.1, 0.15) is 17.9 Å². The van der Waals surface area contributed by atoms with E-state index in [2.05, 4.69) is 26.2 Å². The summed E-state index contributed by atoms with van der Waals surface area (Å²) in [7, 11) is 1.29. The van der Waals surface area contributed by atoms with E-state index in [-0.39, 0.29) is 17.3 Å². The van der Waals surface area contributed by atoms with Crippen molar-refractivity contribution in [2.24, 2.45) is 5.92 Å². The maximum absolute atomic E-state index is 11.8. The summed E-state index contributed by atoms with van der Waals surface area (Å²) in [6.07, 6.45) is 3.06. The first-order valence-electron chi connectivity index (χ1n) is 5.99. The lowest BCUT2D eigenvalue weighted by Crippen LogP contribution is -2.32. The smallest absolute Gasteiger partial charge is 0.328 e. The molecule has 110 valence electrons. The van der Waals surface area contributed by atoms with Gasteiger partial charge in [0.15, 0.2) is 0 Å². The lowest BCUT2D eigenvalue weighted by molar-refractivity contribution is -0.384. The zero-order chi connectivity index (χ0) is 15.3. The summed E-state index contributed by atoms with van der Waals surface area (Å²) in [5.74, 6) is -0.233. The van der Waals surface area contributed by atoms with E-state index in [1.807, 2.05) is 13.8 Å². The predicted octanol–water partition coefficient (Wildman–Crippen LogP) is 2.75. The number of halogens is 1. The van der Waals surface area contributed by atoms with Crippen LogP contribution in [0.25, 0.3) is 0 Å². The van der Waals surface area contributed by atoms with Gasteiger partial charge in [-0.15, -0.1) is 0 Å². The highest BCUT2D eigenvalue weighted by Gasteiger charge is 2.25. The highest BCUT2D eigenvalue weighted by Crippen LogP contribution is 2.32. The Morgan fingerprint density at radius 1 is 1.55 bits per heavy atom. The molecule has 0 aliphatic rings. The minimum Gasteiger partial charge on any atom is -0.467 e. The van der Waals surface area contributed by atoms with Crippen molar-refractivity contribution in [3.63, 3.8) is 0 Å². The number of esters is 1. The number of nitrogens with one attached hydrogen (secondary N) is 1. The van der Waals surface area contributed by atoms with Gasteiger partial charge in [-0.25, -0.2) is 4.79 Å². The quantitative estimate of drug-likeness (QED) is 0.484. The standard InChI is InChI=1S/C12H16BrN3O4/c1-7(2)4-9(12(17)20-3)15-11-8(13)5-14-6-10(11)16(18)19/h5-7,9H,4H2,1-3H3,(H,14,15). The van der Waals surface area contributed by atoms with Crippen LogP contribution in [0.15, 0.2) is 16.9 Å². The molecule has 1 N–H and O–H groups in total. The molecule has 0 amide bonds. The molecule has 20 heavy (non-hydrogen) atoms. The molecular formula is C12H16BrN3O4. The van der Waals surface area contributed by atoms with Crippen LogP contribution in [0.5, 0.6) is 0 Å². The van der Waals surface area contributed by atoms with Gasteiger partial charge in [-0.2, -0.15) is 0 Å². The van der Waals surface area contributed by atoms with Crippen molar-refractivity contribution in [2.75, 3.05) is 12.4 Å². The monoisotopic (exact) mass is 345 g/mol. The Morgan fingerprint density at radius 3 is 2.70 bits per heavy atom. The van der Waals surface area contributed by atoms with E-state index in [9.17, 15) is 14.9 Å². The molecule has 1 rings (SSSR count). The average Bonchev–Trinajstić information content (AvgIpc) is 2.38. The van der Waals surface area contributed by atoms with Crippen molar-refractivity contribution in [3.8, 4) is 0 Å². The van der Waals surface area contributed by atoms with Gasteiger partial charge in [0, 0.05) is 6.20 Å². The zero-order valence-electron chi connectivity index (χ0n) is 11.4. The van der Waals surface area contributed by atoms with Crippen LogP contribution in [0.3, 0.4) is 0 Å². The van der Waals surface area contributed by atoms with E-state index >= 15 is 0 Å². The van der Waals surface area contributed by atoms with Gasteiger partial charge in [0.2, 0.25) is 0 Å². The average molecular weight is 346 g/mol. The first-order valence-corrected chi connectivity index (χ1v) is 6.78. The zero-order valence-corrected chi connectivity index (χ0v) is 13.0. The van der Waals surface area contributed by atoms with Crippen LogP contribution in [0.4, 0.5) is 11.4 Å². The second kappa shape index (κ2) is 7.18. The first kappa shape index (κ1) is 16.4. The van der Waals surface area contributed by atoms with Crippen molar-refractivity contribution < 1.29 is 14.5 Å². The number of carbonyl (C=O) groups excluding carboxylic acids is 1. The van der Waals surface area contributed by atoms with Gasteiger partial charge < -0.3 is 10.1 Å². The molecule has 0 fully saturated rings. The summed E-state index contributed by atoms with van der Waals surface area (Å²) in [5.41, 5.74) is 0.0260. The number of hydrogen-bond donors (Lipinski definition) is 1. The largest absolute Gasteiger partial charge is 0.467 e. The molecule has 0 saturated heterocycles. The number of nitrogens with zero attached hydrogens (tertiary/aromatic N) is 2. The first-order chi connectivity index (χ1) is 9.36. The molecule has 0 aromatic carbocycles. The summed E-state index contributed by atoms with van der Waals surface area (Å²) in [4.78, 5) is 26.0. The Balaban J connectivity index is 3.10. The van der Waals surface area contributed by atoms with Crippen molar-refractivity contribution >= 4 is 33.3 Å². The molecule has 1 heterocycles. The molecule has 0 bridgehead atoms. The van der Waals surface area contributed by atoms with Gasteiger partial charge in [-0.05, 0) is 28.3 Å². The molecule has 7 nitrogen and oxygen atoms in total. The lowest BCUT2D eigenvalue weighted by atomic mass is 10.0. The molecule has 0 aliphatic heterocycles. The number of anilines is 1. The number of nitro groups is 1. The predicted molar refractivity (Wildman–Crippen MR) is 77.5 cm³/mol. The van der Waals surface area contributed by atoms with Crippen molar-refractivity contribution in [1.29, 1.82) is 0 Å². The Labute approximate surface area is 125 Å². The Bertz CT molecular complexity index is 507. The second-order valence-electron chi connectivity index (χ2n) is 4.62. The molecule has 1 aromatic rings. The summed E-state index contributed by atoms with van der Waals surface area (Å²) < 4.78 is 5.14. The summed E-state index contributed by atoms with van der Waals surface area (Å²) in [5, 5.41) is 13.9. The van der Waals surface area contributed by atoms with Crippen LogP contribution in [0.2, 0.25) is 0 Å². The third-order valence-corrected chi connectivity index (χ3v) is 3.19. The van der Waals surface area contributed by atoms with E-state index in [1.54, 1.807) is 0 Å². The fraction of sp³-hybridized carbons (Fsp3) is 0.500. The molecular weight excluding hydrogens is 330 g/mol. The number of ether oxygens (including phenoxy) is 1. The molecule has 0 aliphatic carbocycles. The Hall–Kier alpha value is -1.70. The molecule has 0 spiro atoms. The van der Waals surface area contributed by atoms with Gasteiger partial charge in [0.25, 0.3) is 0 Å². The number of pyridine rings is 1. The molecule has 0 saturated carbocycles. The molecule has 8 heteroatoms. The Kier molecular flexibility index (Phi) is 5.87.